The van der Waals surface area contributed by atoms with Crippen LogP contribution in [0.5, 0.6) is 5.75 Å². The van der Waals surface area contributed by atoms with E-state index >= 15 is 0 Å². The molecule has 1 fully saturated rings. The Hall–Kier alpha value is -3.28. The smallest absolute Gasteiger partial charge is 0.306 e. The summed E-state index contributed by atoms with van der Waals surface area (Å²) in [6.07, 6.45) is 1.51. The van der Waals surface area contributed by atoms with E-state index in [1.165, 1.54) is 13.2 Å². The summed E-state index contributed by atoms with van der Waals surface area (Å²) in [4.78, 5) is 11.8. The number of carbonyl (C=O) groups is 1. The molecule has 0 radical (unpaired) electrons. The van der Waals surface area contributed by atoms with Gasteiger partial charge in [-0.1, -0.05) is 63.6 Å². The lowest BCUT2D eigenvalue weighted by atomic mass is 9.75. The molecule has 6 heteroatoms. The first-order valence-corrected chi connectivity index (χ1v) is 13.6. The van der Waals surface area contributed by atoms with E-state index in [0.29, 0.717) is 24.3 Å². The van der Waals surface area contributed by atoms with Crippen LogP contribution in [0.1, 0.15) is 93.4 Å². The maximum atomic E-state index is 15.0. The number of benzene rings is 3. The molecule has 0 N–H and O–H groups in total. The van der Waals surface area contributed by atoms with Gasteiger partial charge < -0.3 is 9.47 Å². The number of ether oxygens (including phenoxy) is 2. The second-order valence-electron chi connectivity index (χ2n) is 11.1. The van der Waals surface area contributed by atoms with Gasteiger partial charge in [0.2, 0.25) is 0 Å². The summed E-state index contributed by atoms with van der Waals surface area (Å²) in [5.74, 6) is 0.156. The van der Waals surface area contributed by atoms with Crippen LogP contribution in [-0.4, -0.2) is 13.1 Å². The molecular weight excluding hydrogens is 501 g/mol. The van der Waals surface area contributed by atoms with Crippen molar-refractivity contribution in [1.82, 2.24) is 0 Å². The van der Waals surface area contributed by atoms with Crippen molar-refractivity contribution in [2.45, 2.75) is 77.7 Å². The van der Waals surface area contributed by atoms with Crippen LogP contribution in [0.4, 0.5) is 13.2 Å². The van der Waals surface area contributed by atoms with Crippen LogP contribution in [0, 0.1) is 11.2 Å². The number of rotatable bonds is 10. The van der Waals surface area contributed by atoms with Crippen molar-refractivity contribution in [2.24, 2.45) is 5.41 Å². The number of carbonyl (C=O) groups excluding carboxylic acids is 1. The van der Waals surface area contributed by atoms with E-state index in [0.717, 1.165) is 54.5 Å². The Bertz CT molecular complexity index is 1300. The monoisotopic (exact) mass is 538 g/mol. The average molecular weight is 539 g/mol. The summed E-state index contributed by atoms with van der Waals surface area (Å²) in [6.45, 7) is 6.77. The molecule has 0 saturated heterocycles. The number of alkyl halides is 2. The fourth-order valence-electron chi connectivity index (χ4n) is 5.83. The topological polar surface area (TPSA) is 35.5 Å². The van der Waals surface area contributed by atoms with E-state index in [1.54, 1.807) is 0 Å². The molecular formula is C33H37F3O3. The Morgan fingerprint density at radius 1 is 1.03 bits per heavy atom. The van der Waals surface area contributed by atoms with Crippen molar-refractivity contribution in [3.63, 3.8) is 0 Å². The van der Waals surface area contributed by atoms with Gasteiger partial charge in [0.1, 0.15) is 18.2 Å². The Labute approximate surface area is 229 Å². The minimum atomic E-state index is -2.67. The van der Waals surface area contributed by atoms with E-state index in [9.17, 15) is 18.0 Å². The lowest BCUT2D eigenvalue weighted by Crippen LogP contribution is -2.17. The SMILES string of the molecule is CC[C@H](CC(=O)OC)c1cccc(OCc2ccc(-c3cc(C(F)F)ccc3F)c([C@@H]3CCCC3(C)C)c2)c1. The summed E-state index contributed by atoms with van der Waals surface area (Å²) < 4.78 is 52.9. The normalized spacial score (nSPS) is 17.3. The minimum Gasteiger partial charge on any atom is -0.489 e. The van der Waals surface area contributed by atoms with Gasteiger partial charge in [-0.25, -0.2) is 13.2 Å². The maximum absolute atomic E-state index is 15.0. The third kappa shape index (κ3) is 6.66. The highest BCUT2D eigenvalue weighted by atomic mass is 19.3. The summed E-state index contributed by atoms with van der Waals surface area (Å²) in [7, 11) is 1.39. The standard InChI is InChI=1S/C33H37F3O3/c1-5-22(19-31(37)38-4)23-8-6-9-25(17-23)39-20-21-11-13-26(27(16-21)29-10-7-15-33(29,2)3)28-18-24(32(35)36)12-14-30(28)34/h6,8-9,11-14,16-18,22,29,32H,5,7,10,15,19-20H2,1-4H3/t22-,29+/m1/s1. The molecule has 0 heterocycles. The van der Waals surface area contributed by atoms with Crippen LogP contribution in [-0.2, 0) is 16.1 Å². The second-order valence-corrected chi connectivity index (χ2v) is 11.1. The van der Waals surface area contributed by atoms with Gasteiger partial charge in [0.05, 0.1) is 13.5 Å². The van der Waals surface area contributed by atoms with Gasteiger partial charge in [-0.05, 0) is 83.0 Å². The van der Waals surface area contributed by atoms with Crippen molar-refractivity contribution in [1.29, 1.82) is 0 Å². The average Bonchev–Trinajstić information content (AvgIpc) is 3.29. The number of hydrogen-bond acceptors (Lipinski definition) is 3. The molecule has 3 aromatic rings. The van der Waals surface area contributed by atoms with Crippen molar-refractivity contribution in [3.8, 4) is 16.9 Å². The van der Waals surface area contributed by atoms with Gasteiger partial charge in [0.15, 0.2) is 0 Å². The van der Waals surface area contributed by atoms with Gasteiger partial charge >= 0.3 is 5.97 Å². The number of esters is 1. The fraction of sp³-hybridized carbons (Fsp3) is 0.424. The minimum absolute atomic E-state index is 0.00810. The van der Waals surface area contributed by atoms with E-state index in [2.05, 4.69) is 19.9 Å². The summed E-state index contributed by atoms with van der Waals surface area (Å²) in [5, 5.41) is 0. The van der Waals surface area contributed by atoms with Crippen LogP contribution in [0.2, 0.25) is 0 Å². The Balaban J connectivity index is 1.64. The molecule has 2 atom stereocenters. The zero-order valence-corrected chi connectivity index (χ0v) is 23.1. The molecule has 0 aliphatic heterocycles. The van der Waals surface area contributed by atoms with E-state index < -0.39 is 12.2 Å². The van der Waals surface area contributed by atoms with Gasteiger partial charge in [-0.3, -0.25) is 4.79 Å². The van der Waals surface area contributed by atoms with Crippen LogP contribution >= 0.6 is 0 Å². The van der Waals surface area contributed by atoms with Crippen LogP contribution in [0.3, 0.4) is 0 Å². The van der Waals surface area contributed by atoms with E-state index in [-0.39, 0.29) is 34.3 Å². The third-order valence-electron chi connectivity index (χ3n) is 8.15. The second kappa shape index (κ2) is 12.3. The first-order chi connectivity index (χ1) is 18.6. The molecule has 1 aliphatic carbocycles. The number of halogens is 3. The molecule has 1 saturated carbocycles. The van der Waals surface area contributed by atoms with Gasteiger partial charge in [-0.2, -0.15) is 0 Å². The molecule has 0 spiro atoms. The molecule has 0 unspecified atom stereocenters. The van der Waals surface area contributed by atoms with Crippen LogP contribution in [0.25, 0.3) is 11.1 Å². The summed E-state index contributed by atoms with van der Waals surface area (Å²) in [6, 6.07) is 17.1. The molecule has 39 heavy (non-hydrogen) atoms. The molecule has 208 valence electrons. The van der Waals surface area contributed by atoms with Crippen LogP contribution in [0.15, 0.2) is 60.7 Å². The summed E-state index contributed by atoms with van der Waals surface area (Å²) >= 11 is 0. The fourth-order valence-corrected chi connectivity index (χ4v) is 5.83. The highest BCUT2D eigenvalue weighted by Gasteiger charge is 2.37. The molecule has 3 nitrogen and oxygen atoms in total. The van der Waals surface area contributed by atoms with E-state index in [1.807, 2.05) is 43.3 Å². The van der Waals surface area contributed by atoms with Gasteiger partial charge in [0, 0.05) is 11.1 Å². The first kappa shape index (κ1) is 28.7. The summed E-state index contributed by atoms with van der Waals surface area (Å²) in [5.41, 5.74) is 3.60. The molecule has 0 bridgehead atoms. The van der Waals surface area contributed by atoms with Crippen molar-refractivity contribution in [2.75, 3.05) is 7.11 Å². The number of methoxy groups -OCH3 is 1. The molecule has 3 aromatic carbocycles. The molecule has 1 aliphatic rings. The first-order valence-electron chi connectivity index (χ1n) is 13.6. The Morgan fingerprint density at radius 3 is 2.49 bits per heavy atom. The predicted molar refractivity (Wildman–Crippen MR) is 148 cm³/mol. The van der Waals surface area contributed by atoms with Crippen LogP contribution < -0.4 is 4.74 Å². The largest absolute Gasteiger partial charge is 0.489 e. The lowest BCUT2D eigenvalue weighted by Gasteiger charge is -2.30. The highest BCUT2D eigenvalue weighted by Crippen LogP contribution is 2.51. The van der Waals surface area contributed by atoms with Crippen molar-refractivity contribution < 1.29 is 27.4 Å². The zero-order valence-electron chi connectivity index (χ0n) is 23.1. The number of hydrogen-bond donors (Lipinski definition) is 0. The molecule has 0 aromatic heterocycles. The van der Waals surface area contributed by atoms with Gasteiger partial charge in [-0.15, -0.1) is 0 Å². The van der Waals surface area contributed by atoms with E-state index in [4.69, 9.17) is 9.47 Å². The highest BCUT2D eigenvalue weighted by molar-refractivity contribution is 5.71. The van der Waals surface area contributed by atoms with Crippen molar-refractivity contribution in [3.05, 3.63) is 88.7 Å². The molecule has 0 amide bonds. The zero-order chi connectivity index (χ0) is 28.2. The predicted octanol–water partition coefficient (Wildman–Crippen LogP) is 9.36. The Morgan fingerprint density at radius 2 is 1.82 bits per heavy atom. The van der Waals surface area contributed by atoms with Crippen molar-refractivity contribution >= 4 is 5.97 Å². The molecule has 4 rings (SSSR count). The van der Waals surface area contributed by atoms with Gasteiger partial charge in [0.25, 0.3) is 6.43 Å². The third-order valence-corrected chi connectivity index (χ3v) is 8.15. The Kier molecular flexibility index (Phi) is 9.04. The lowest BCUT2D eigenvalue weighted by molar-refractivity contribution is -0.141. The maximum Gasteiger partial charge on any atom is 0.306 e. The quantitative estimate of drug-likeness (QED) is 0.241.